The Bertz CT molecular complexity index is 492. The van der Waals surface area contributed by atoms with Gasteiger partial charge in [0.2, 0.25) is 0 Å². The van der Waals surface area contributed by atoms with E-state index in [0.717, 1.165) is 13.1 Å². The SMILES string of the molecule is CCNCc1cccc(-c2ccncc2C)c1. The van der Waals surface area contributed by atoms with Gasteiger partial charge in [-0.3, -0.25) is 4.98 Å². The predicted octanol–water partition coefficient (Wildman–Crippen LogP) is 3.17. The first-order valence-electron chi connectivity index (χ1n) is 6.02. The Morgan fingerprint density at radius 3 is 2.88 bits per heavy atom. The number of benzene rings is 1. The highest BCUT2D eigenvalue weighted by Crippen LogP contribution is 2.23. The Morgan fingerprint density at radius 2 is 2.12 bits per heavy atom. The van der Waals surface area contributed by atoms with Gasteiger partial charge in [0, 0.05) is 18.9 Å². The van der Waals surface area contributed by atoms with Crippen LogP contribution in [0.5, 0.6) is 0 Å². The summed E-state index contributed by atoms with van der Waals surface area (Å²) in [5, 5.41) is 3.35. The van der Waals surface area contributed by atoms with E-state index in [9.17, 15) is 0 Å². The number of pyridine rings is 1. The van der Waals surface area contributed by atoms with Crippen molar-refractivity contribution < 1.29 is 0 Å². The first kappa shape index (κ1) is 11.8. The van der Waals surface area contributed by atoms with Crippen LogP contribution in [0.3, 0.4) is 0 Å². The lowest BCUT2D eigenvalue weighted by atomic mass is 10.0. The lowest BCUT2D eigenvalue weighted by Crippen LogP contribution is -2.11. The molecule has 17 heavy (non-hydrogen) atoms. The topological polar surface area (TPSA) is 24.9 Å². The summed E-state index contributed by atoms with van der Waals surface area (Å²) in [6.45, 7) is 6.14. The molecule has 1 aromatic heterocycles. The predicted molar refractivity (Wildman–Crippen MR) is 71.8 cm³/mol. The second kappa shape index (κ2) is 5.60. The van der Waals surface area contributed by atoms with Crippen LogP contribution in [0.1, 0.15) is 18.1 Å². The second-order valence-corrected chi connectivity index (χ2v) is 4.17. The van der Waals surface area contributed by atoms with Crippen molar-refractivity contribution in [2.45, 2.75) is 20.4 Å². The largest absolute Gasteiger partial charge is 0.313 e. The van der Waals surface area contributed by atoms with Gasteiger partial charge in [-0.05, 0) is 47.9 Å². The van der Waals surface area contributed by atoms with Crippen molar-refractivity contribution in [3.05, 3.63) is 53.9 Å². The molecule has 0 fully saturated rings. The standard InChI is InChI=1S/C15H18N2/c1-3-16-11-13-5-4-6-14(9-13)15-7-8-17-10-12(15)2/h4-10,16H,3,11H2,1-2H3. The fourth-order valence-electron chi connectivity index (χ4n) is 1.92. The molecule has 0 spiro atoms. The molecule has 0 saturated carbocycles. The van der Waals surface area contributed by atoms with Crippen LogP contribution in [0.25, 0.3) is 11.1 Å². The van der Waals surface area contributed by atoms with Crippen LogP contribution in [0.2, 0.25) is 0 Å². The highest BCUT2D eigenvalue weighted by Gasteiger charge is 2.02. The average molecular weight is 226 g/mol. The van der Waals surface area contributed by atoms with Gasteiger partial charge in [-0.2, -0.15) is 0 Å². The monoisotopic (exact) mass is 226 g/mol. The third-order valence-corrected chi connectivity index (χ3v) is 2.84. The van der Waals surface area contributed by atoms with Gasteiger partial charge in [-0.1, -0.05) is 25.1 Å². The van der Waals surface area contributed by atoms with Gasteiger partial charge in [0.1, 0.15) is 0 Å². The normalized spacial score (nSPS) is 10.5. The maximum Gasteiger partial charge on any atom is 0.0303 e. The van der Waals surface area contributed by atoms with Crippen LogP contribution in [0.15, 0.2) is 42.7 Å². The molecule has 0 aliphatic rings. The van der Waals surface area contributed by atoms with Gasteiger partial charge >= 0.3 is 0 Å². The molecule has 88 valence electrons. The fourth-order valence-corrected chi connectivity index (χ4v) is 1.92. The van der Waals surface area contributed by atoms with Gasteiger partial charge in [-0.15, -0.1) is 0 Å². The lowest BCUT2D eigenvalue weighted by Gasteiger charge is -2.08. The van der Waals surface area contributed by atoms with E-state index in [0.29, 0.717) is 0 Å². The number of aromatic nitrogens is 1. The number of aryl methyl sites for hydroxylation is 1. The second-order valence-electron chi connectivity index (χ2n) is 4.17. The molecular formula is C15H18N2. The van der Waals surface area contributed by atoms with Gasteiger partial charge in [0.05, 0.1) is 0 Å². The Hall–Kier alpha value is -1.67. The summed E-state index contributed by atoms with van der Waals surface area (Å²) in [6, 6.07) is 10.7. The molecule has 1 heterocycles. The summed E-state index contributed by atoms with van der Waals surface area (Å²) >= 11 is 0. The highest BCUT2D eigenvalue weighted by atomic mass is 14.8. The third-order valence-electron chi connectivity index (χ3n) is 2.84. The minimum Gasteiger partial charge on any atom is -0.313 e. The Morgan fingerprint density at radius 1 is 1.24 bits per heavy atom. The maximum atomic E-state index is 4.13. The molecule has 2 rings (SSSR count). The van der Waals surface area contributed by atoms with Crippen LogP contribution >= 0.6 is 0 Å². The Kier molecular flexibility index (Phi) is 3.89. The molecule has 0 amide bonds. The van der Waals surface area contributed by atoms with E-state index in [4.69, 9.17) is 0 Å². The van der Waals surface area contributed by atoms with Crippen molar-refractivity contribution in [3.63, 3.8) is 0 Å². The summed E-state index contributed by atoms with van der Waals surface area (Å²) in [5.41, 5.74) is 5.06. The zero-order valence-corrected chi connectivity index (χ0v) is 10.4. The average Bonchev–Trinajstić information content (AvgIpc) is 2.37. The van der Waals surface area contributed by atoms with E-state index >= 15 is 0 Å². The van der Waals surface area contributed by atoms with E-state index in [-0.39, 0.29) is 0 Å². The van der Waals surface area contributed by atoms with Crippen LogP contribution in [-0.2, 0) is 6.54 Å². The summed E-state index contributed by atoms with van der Waals surface area (Å²) in [7, 11) is 0. The number of nitrogens with one attached hydrogen (secondary N) is 1. The van der Waals surface area contributed by atoms with Crippen molar-refractivity contribution in [1.82, 2.24) is 10.3 Å². The molecule has 0 unspecified atom stereocenters. The fraction of sp³-hybridized carbons (Fsp3) is 0.267. The molecule has 2 nitrogen and oxygen atoms in total. The summed E-state index contributed by atoms with van der Waals surface area (Å²) < 4.78 is 0. The van der Waals surface area contributed by atoms with Crippen molar-refractivity contribution in [3.8, 4) is 11.1 Å². The lowest BCUT2D eigenvalue weighted by molar-refractivity contribution is 0.727. The maximum absolute atomic E-state index is 4.13. The smallest absolute Gasteiger partial charge is 0.0303 e. The molecule has 0 saturated heterocycles. The molecular weight excluding hydrogens is 208 g/mol. The van der Waals surface area contributed by atoms with Crippen molar-refractivity contribution in [2.75, 3.05) is 6.54 Å². The highest BCUT2D eigenvalue weighted by molar-refractivity contribution is 5.66. The van der Waals surface area contributed by atoms with E-state index in [1.807, 2.05) is 12.4 Å². The quantitative estimate of drug-likeness (QED) is 0.866. The molecule has 1 N–H and O–H groups in total. The first-order valence-corrected chi connectivity index (χ1v) is 6.02. The molecule has 0 aliphatic heterocycles. The van der Waals surface area contributed by atoms with Gasteiger partial charge in [0.15, 0.2) is 0 Å². The van der Waals surface area contributed by atoms with Gasteiger partial charge in [0.25, 0.3) is 0 Å². The van der Waals surface area contributed by atoms with E-state index < -0.39 is 0 Å². The molecule has 0 aliphatic carbocycles. The van der Waals surface area contributed by atoms with Gasteiger partial charge in [-0.25, -0.2) is 0 Å². The van der Waals surface area contributed by atoms with E-state index in [1.165, 1.54) is 22.3 Å². The van der Waals surface area contributed by atoms with Crippen molar-refractivity contribution >= 4 is 0 Å². The van der Waals surface area contributed by atoms with Crippen LogP contribution < -0.4 is 5.32 Å². The van der Waals surface area contributed by atoms with Crippen LogP contribution in [0, 0.1) is 6.92 Å². The van der Waals surface area contributed by atoms with Crippen molar-refractivity contribution in [1.29, 1.82) is 0 Å². The minimum atomic E-state index is 0.925. The number of rotatable bonds is 4. The molecule has 2 aromatic rings. The van der Waals surface area contributed by atoms with Crippen LogP contribution in [-0.4, -0.2) is 11.5 Å². The van der Waals surface area contributed by atoms with E-state index in [1.54, 1.807) is 0 Å². The summed E-state index contributed by atoms with van der Waals surface area (Å²) in [4.78, 5) is 4.13. The minimum absolute atomic E-state index is 0.925. The van der Waals surface area contributed by atoms with Gasteiger partial charge < -0.3 is 5.32 Å². The van der Waals surface area contributed by atoms with Crippen molar-refractivity contribution in [2.24, 2.45) is 0 Å². The number of nitrogens with zero attached hydrogens (tertiary/aromatic N) is 1. The third kappa shape index (κ3) is 2.92. The first-order chi connectivity index (χ1) is 8.31. The molecule has 2 heteroatoms. The molecule has 1 aromatic carbocycles. The summed E-state index contributed by atoms with van der Waals surface area (Å²) in [5.74, 6) is 0. The zero-order valence-electron chi connectivity index (χ0n) is 10.4. The van der Waals surface area contributed by atoms with E-state index in [2.05, 4.69) is 54.5 Å². The molecule has 0 atom stereocenters. The van der Waals surface area contributed by atoms with Crippen LogP contribution in [0.4, 0.5) is 0 Å². The number of hydrogen-bond acceptors (Lipinski definition) is 2. The molecule has 0 radical (unpaired) electrons. The number of hydrogen-bond donors (Lipinski definition) is 1. The Labute approximate surface area is 103 Å². The zero-order chi connectivity index (χ0) is 12.1. The molecule has 0 bridgehead atoms. The summed E-state index contributed by atoms with van der Waals surface area (Å²) in [6.07, 6.45) is 3.76. The Balaban J connectivity index is 2.30.